The van der Waals surface area contributed by atoms with Crippen molar-refractivity contribution in [2.75, 3.05) is 19.1 Å². The number of benzodiazepines with no additional fused rings is 1. The summed E-state index contributed by atoms with van der Waals surface area (Å²) < 4.78 is 19.1. The molecule has 156 valence electrons. The molecule has 0 fully saturated rings. The number of carbonyl (C=O) groups excluding carboxylic acids is 3. The van der Waals surface area contributed by atoms with E-state index in [0.29, 0.717) is 11.3 Å². The molecule has 0 radical (unpaired) electrons. The Balaban J connectivity index is 2.01. The van der Waals surface area contributed by atoms with Crippen molar-refractivity contribution >= 4 is 29.3 Å². The molecule has 2 atom stereocenters. The molecule has 0 bridgehead atoms. The highest BCUT2D eigenvalue weighted by molar-refractivity contribution is 6.20. The van der Waals surface area contributed by atoms with Gasteiger partial charge in [-0.3, -0.25) is 4.79 Å². The number of hydrogen-bond acceptors (Lipinski definition) is 5. The van der Waals surface area contributed by atoms with Crippen LogP contribution in [0.15, 0.2) is 53.5 Å². The van der Waals surface area contributed by atoms with Gasteiger partial charge in [0.15, 0.2) is 0 Å². The van der Waals surface area contributed by atoms with Gasteiger partial charge in [0.2, 0.25) is 6.17 Å². The van der Waals surface area contributed by atoms with Crippen LogP contribution < -0.4 is 15.5 Å². The Morgan fingerprint density at radius 3 is 2.43 bits per heavy atom. The van der Waals surface area contributed by atoms with Crippen LogP contribution in [0.25, 0.3) is 0 Å². The number of urea groups is 1. The number of esters is 1. The summed E-state index contributed by atoms with van der Waals surface area (Å²) in [4.78, 5) is 42.6. The highest BCUT2D eigenvalue weighted by Crippen LogP contribution is 2.27. The zero-order valence-electron chi connectivity index (χ0n) is 16.7. The number of nitrogens with zero attached hydrogens (tertiary/aromatic N) is 2. The first-order valence-corrected chi connectivity index (χ1v) is 9.18. The highest BCUT2D eigenvalue weighted by atomic mass is 19.1. The van der Waals surface area contributed by atoms with E-state index in [1.807, 2.05) is 0 Å². The number of ether oxygens (including phenoxy) is 1. The number of anilines is 1. The fourth-order valence-electron chi connectivity index (χ4n) is 3.08. The number of rotatable bonds is 4. The van der Waals surface area contributed by atoms with Crippen LogP contribution in [0.4, 0.5) is 14.9 Å². The lowest BCUT2D eigenvalue weighted by Gasteiger charge is -2.21. The normalized spacial score (nSPS) is 16.7. The van der Waals surface area contributed by atoms with Crippen molar-refractivity contribution in [3.05, 3.63) is 65.5 Å². The maximum Gasteiger partial charge on any atom is 0.328 e. The quantitative estimate of drug-likeness (QED) is 0.749. The Kier molecular flexibility index (Phi) is 6.10. The third-order valence-corrected chi connectivity index (χ3v) is 4.64. The molecule has 30 heavy (non-hydrogen) atoms. The van der Waals surface area contributed by atoms with E-state index in [2.05, 4.69) is 20.4 Å². The Morgan fingerprint density at radius 2 is 1.77 bits per heavy atom. The van der Waals surface area contributed by atoms with Crippen LogP contribution in [0, 0.1) is 5.82 Å². The molecule has 1 unspecified atom stereocenters. The van der Waals surface area contributed by atoms with E-state index in [-0.39, 0.29) is 11.3 Å². The lowest BCUT2D eigenvalue weighted by atomic mass is 10.00. The molecule has 2 N–H and O–H groups in total. The molecule has 3 amide bonds. The van der Waals surface area contributed by atoms with Gasteiger partial charge >= 0.3 is 12.0 Å². The molecule has 0 saturated heterocycles. The van der Waals surface area contributed by atoms with Gasteiger partial charge in [-0.25, -0.2) is 19.0 Å². The lowest BCUT2D eigenvalue weighted by Crippen LogP contribution is -2.52. The van der Waals surface area contributed by atoms with Crippen LogP contribution in [0.5, 0.6) is 0 Å². The fraction of sp³-hybridized carbons (Fsp3) is 0.238. The van der Waals surface area contributed by atoms with E-state index in [1.165, 1.54) is 25.0 Å². The smallest absolute Gasteiger partial charge is 0.328 e. The Bertz CT molecular complexity index is 1020. The van der Waals surface area contributed by atoms with Crippen LogP contribution in [0.1, 0.15) is 18.1 Å². The molecule has 9 heteroatoms. The number of fused-ring (bicyclic) bond motifs is 1. The van der Waals surface area contributed by atoms with Gasteiger partial charge in [0, 0.05) is 18.2 Å². The van der Waals surface area contributed by atoms with E-state index < -0.39 is 35.9 Å². The summed E-state index contributed by atoms with van der Waals surface area (Å²) in [6.07, 6.45) is -1.33. The van der Waals surface area contributed by atoms with Gasteiger partial charge in [-0.1, -0.05) is 30.3 Å². The van der Waals surface area contributed by atoms with Crippen molar-refractivity contribution in [1.29, 1.82) is 0 Å². The number of para-hydroxylation sites is 1. The number of aliphatic imine (C=N–C) groups is 1. The molecular weight excluding hydrogens is 391 g/mol. The van der Waals surface area contributed by atoms with Crippen molar-refractivity contribution in [2.24, 2.45) is 4.99 Å². The molecule has 0 aromatic heterocycles. The third-order valence-electron chi connectivity index (χ3n) is 4.64. The monoisotopic (exact) mass is 412 g/mol. The molecule has 2 aromatic rings. The molecule has 8 nitrogen and oxygen atoms in total. The average molecular weight is 412 g/mol. The van der Waals surface area contributed by atoms with Gasteiger partial charge in [-0.15, -0.1) is 0 Å². The van der Waals surface area contributed by atoms with E-state index in [1.54, 1.807) is 49.5 Å². The van der Waals surface area contributed by atoms with Crippen molar-refractivity contribution in [1.82, 2.24) is 10.6 Å². The fourth-order valence-corrected chi connectivity index (χ4v) is 3.08. The largest absolute Gasteiger partial charge is 0.467 e. The van der Waals surface area contributed by atoms with Gasteiger partial charge in [-0.05, 0) is 25.1 Å². The zero-order chi connectivity index (χ0) is 21.8. The molecular formula is C21H21FN4O4. The summed E-state index contributed by atoms with van der Waals surface area (Å²) in [5, 5.41) is 4.83. The zero-order valence-corrected chi connectivity index (χ0v) is 16.7. The number of halogens is 1. The summed E-state index contributed by atoms with van der Waals surface area (Å²) in [6.45, 7) is 1.44. The topological polar surface area (TPSA) is 100 Å². The van der Waals surface area contributed by atoms with E-state index in [4.69, 9.17) is 0 Å². The summed E-state index contributed by atoms with van der Waals surface area (Å²) in [5.41, 5.74) is 1.50. The van der Waals surface area contributed by atoms with Gasteiger partial charge in [0.25, 0.3) is 5.91 Å². The molecule has 3 rings (SSSR count). The van der Waals surface area contributed by atoms with Crippen LogP contribution >= 0.6 is 0 Å². The van der Waals surface area contributed by atoms with Gasteiger partial charge in [-0.2, -0.15) is 0 Å². The Hall–Kier alpha value is -3.75. The van der Waals surface area contributed by atoms with Gasteiger partial charge in [0.1, 0.15) is 11.9 Å². The number of hydrogen-bond donors (Lipinski definition) is 2. The second-order valence-corrected chi connectivity index (χ2v) is 6.64. The predicted octanol–water partition coefficient (Wildman–Crippen LogP) is 1.83. The molecule has 1 aliphatic heterocycles. The van der Waals surface area contributed by atoms with Gasteiger partial charge in [0.05, 0.1) is 18.5 Å². The summed E-state index contributed by atoms with van der Waals surface area (Å²) in [5.74, 6) is -1.67. The second-order valence-electron chi connectivity index (χ2n) is 6.64. The van der Waals surface area contributed by atoms with E-state index >= 15 is 0 Å². The number of likely N-dealkylation sites (N-methyl/N-ethyl adjacent to an activating group) is 1. The average Bonchev–Trinajstić information content (AvgIpc) is 2.84. The first-order valence-electron chi connectivity index (χ1n) is 9.18. The number of benzene rings is 2. The Labute approximate surface area is 172 Å². The summed E-state index contributed by atoms with van der Waals surface area (Å²) in [6, 6.07) is 11.3. The first-order chi connectivity index (χ1) is 14.3. The minimum atomic E-state index is -1.33. The Morgan fingerprint density at radius 1 is 1.13 bits per heavy atom. The SMILES string of the molecule is COC(=O)[C@H](C)NC(=O)NC1N=C(c2ccccc2F)c2ccccc2N(C)C1=O. The van der Waals surface area contributed by atoms with Crippen molar-refractivity contribution in [3.8, 4) is 0 Å². The van der Waals surface area contributed by atoms with Crippen molar-refractivity contribution in [2.45, 2.75) is 19.1 Å². The number of carbonyl (C=O) groups is 3. The van der Waals surface area contributed by atoms with E-state index in [0.717, 1.165) is 0 Å². The summed E-state index contributed by atoms with van der Waals surface area (Å²) >= 11 is 0. The molecule has 0 saturated carbocycles. The van der Waals surface area contributed by atoms with Gasteiger partial charge < -0.3 is 20.3 Å². The highest BCUT2D eigenvalue weighted by Gasteiger charge is 2.32. The molecule has 1 heterocycles. The minimum absolute atomic E-state index is 0.197. The number of nitrogens with one attached hydrogen (secondary N) is 2. The first kappa shape index (κ1) is 21.0. The lowest BCUT2D eigenvalue weighted by molar-refractivity contribution is -0.142. The van der Waals surface area contributed by atoms with Crippen LogP contribution in [-0.4, -0.2) is 50.0 Å². The molecule has 0 spiro atoms. The maximum atomic E-state index is 14.6. The van der Waals surface area contributed by atoms with Crippen LogP contribution in [0.2, 0.25) is 0 Å². The predicted molar refractivity (Wildman–Crippen MR) is 109 cm³/mol. The standard InChI is InChI=1S/C21H21FN4O4/c1-12(20(28)30-3)23-21(29)25-18-19(27)26(2)16-11-7-5-9-14(16)17(24-18)13-8-4-6-10-15(13)22/h4-12,18H,1-3H3,(H2,23,25,29)/t12-,18?/m0/s1. The van der Waals surface area contributed by atoms with Crippen molar-refractivity contribution in [3.63, 3.8) is 0 Å². The number of amides is 3. The van der Waals surface area contributed by atoms with Crippen LogP contribution in [0.3, 0.4) is 0 Å². The maximum absolute atomic E-state index is 14.6. The third kappa shape index (κ3) is 4.14. The molecule has 1 aliphatic rings. The molecule has 0 aliphatic carbocycles. The minimum Gasteiger partial charge on any atom is -0.467 e. The van der Waals surface area contributed by atoms with E-state index in [9.17, 15) is 18.8 Å². The van der Waals surface area contributed by atoms with Crippen LogP contribution in [-0.2, 0) is 14.3 Å². The summed E-state index contributed by atoms with van der Waals surface area (Å²) in [7, 11) is 2.75. The van der Waals surface area contributed by atoms with Crippen molar-refractivity contribution < 1.29 is 23.5 Å². The second kappa shape index (κ2) is 8.73. The number of methoxy groups -OCH3 is 1. The molecule has 2 aromatic carbocycles.